The predicted octanol–water partition coefficient (Wildman–Crippen LogP) is 4.36. The van der Waals surface area contributed by atoms with E-state index in [9.17, 15) is 0 Å². The van der Waals surface area contributed by atoms with Crippen molar-refractivity contribution in [3.8, 4) is 5.75 Å². The SMILES string of the molecule is CC1=C(Br)COc2cc3ccccc3cc21. The van der Waals surface area contributed by atoms with Gasteiger partial charge >= 0.3 is 0 Å². The maximum atomic E-state index is 5.71. The van der Waals surface area contributed by atoms with Gasteiger partial charge in [0.1, 0.15) is 12.4 Å². The van der Waals surface area contributed by atoms with Gasteiger partial charge in [0.05, 0.1) is 0 Å². The molecule has 1 aliphatic heterocycles. The van der Waals surface area contributed by atoms with Crippen molar-refractivity contribution < 1.29 is 4.74 Å². The number of allylic oxidation sites excluding steroid dienone is 1. The van der Waals surface area contributed by atoms with Crippen LogP contribution < -0.4 is 4.74 Å². The van der Waals surface area contributed by atoms with Crippen molar-refractivity contribution in [3.63, 3.8) is 0 Å². The van der Waals surface area contributed by atoms with Crippen LogP contribution in [0.15, 0.2) is 40.9 Å². The third-order valence-corrected chi connectivity index (χ3v) is 3.84. The van der Waals surface area contributed by atoms with Gasteiger partial charge < -0.3 is 4.74 Å². The molecule has 0 saturated heterocycles. The fourth-order valence-electron chi connectivity index (χ4n) is 2.03. The Morgan fingerprint density at radius 1 is 1.12 bits per heavy atom. The van der Waals surface area contributed by atoms with E-state index in [1.54, 1.807) is 0 Å². The van der Waals surface area contributed by atoms with E-state index in [2.05, 4.69) is 59.3 Å². The summed E-state index contributed by atoms with van der Waals surface area (Å²) in [5.74, 6) is 0.986. The van der Waals surface area contributed by atoms with Crippen molar-refractivity contribution in [3.05, 3.63) is 46.4 Å². The highest BCUT2D eigenvalue weighted by Gasteiger charge is 2.15. The molecule has 80 valence electrons. The van der Waals surface area contributed by atoms with E-state index in [0.717, 1.165) is 10.2 Å². The minimum atomic E-state index is 0.636. The van der Waals surface area contributed by atoms with Crippen LogP contribution in [0.2, 0.25) is 0 Å². The lowest BCUT2D eigenvalue weighted by atomic mass is 9.99. The second-order valence-electron chi connectivity index (χ2n) is 4.01. The van der Waals surface area contributed by atoms with Crippen LogP contribution in [0.4, 0.5) is 0 Å². The monoisotopic (exact) mass is 274 g/mol. The number of halogens is 1. The van der Waals surface area contributed by atoms with Crippen LogP contribution in [-0.2, 0) is 0 Å². The van der Waals surface area contributed by atoms with Gasteiger partial charge in [0.15, 0.2) is 0 Å². The third-order valence-electron chi connectivity index (χ3n) is 3.01. The molecule has 0 bridgehead atoms. The van der Waals surface area contributed by atoms with Crippen LogP contribution in [0.3, 0.4) is 0 Å². The smallest absolute Gasteiger partial charge is 0.127 e. The lowest BCUT2D eigenvalue weighted by Gasteiger charge is -2.19. The molecule has 2 aromatic carbocycles. The van der Waals surface area contributed by atoms with Crippen molar-refractivity contribution in [2.75, 3.05) is 6.61 Å². The van der Waals surface area contributed by atoms with Gasteiger partial charge in [0, 0.05) is 10.0 Å². The van der Waals surface area contributed by atoms with Crippen molar-refractivity contribution in [1.82, 2.24) is 0 Å². The number of fused-ring (bicyclic) bond motifs is 2. The molecule has 0 atom stereocenters. The standard InChI is InChI=1S/C14H11BrO/c1-9-12-6-10-4-2-3-5-11(10)7-14(12)16-8-13(9)15/h2-7H,8H2,1H3. The highest BCUT2D eigenvalue weighted by molar-refractivity contribution is 9.11. The molecule has 0 radical (unpaired) electrons. The highest BCUT2D eigenvalue weighted by Crippen LogP contribution is 2.37. The molecule has 1 heterocycles. The highest BCUT2D eigenvalue weighted by atomic mass is 79.9. The zero-order valence-corrected chi connectivity index (χ0v) is 10.5. The van der Waals surface area contributed by atoms with E-state index in [0.29, 0.717) is 6.61 Å². The third kappa shape index (κ3) is 1.45. The molecule has 16 heavy (non-hydrogen) atoms. The van der Waals surface area contributed by atoms with Crippen molar-refractivity contribution >= 4 is 32.3 Å². The first-order valence-electron chi connectivity index (χ1n) is 5.27. The summed E-state index contributed by atoms with van der Waals surface area (Å²) < 4.78 is 6.84. The molecule has 0 fully saturated rings. The van der Waals surface area contributed by atoms with Gasteiger partial charge in [0.2, 0.25) is 0 Å². The van der Waals surface area contributed by atoms with E-state index in [4.69, 9.17) is 4.74 Å². The topological polar surface area (TPSA) is 9.23 Å². The second-order valence-corrected chi connectivity index (χ2v) is 4.97. The first-order chi connectivity index (χ1) is 7.75. The van der Waals surface area contributed by atoms with Crippen LogP contribution in [0.25, 0.3) is 16.3 Å². The summed E-state index contributed by atoms with van der Waals surface area (Å²) in [6.07, 6.45) is 0. The Hall–Kier alpha value is -1.28. The Labute approximate surface area is 103 Å². The fourth-order valence-corrected chi connectivity index (χ4v) is 2.36. The van der Waals surface area contributed by atoms with E-state index in [1.165, 1.54) is 21.9 Å². The summed E-state index contributed by atoms with van der Waals surface area (Å²) in [7, 11) is 0. The minimum Gasteiger partial charge on any atom is -0.488 e. The molecule has 0 spiro atoms. The molecule has 0 amide bonds. The average Bonchev–Trinajstić information content (AvgIpc) is 2.32. The van der Waals surface area contributed by atoms with Crippen molar-refractivity contribution in [2.24, 2.45) is 0 Å². The van der Waals surface area contributed by atoms with Gasteiger partial charge in [0.25, 0.3) is 0 Å². The summed E-state index contributed by atoms with van der Waals surface area (Å²) >= 11 is 3.54. The number of hydrogen-bond donors (Lipinski definition) is 0. The lowest BCUT2D eigenvalue weighted by molar-refractivity contribution is 0.355. The summed E-state index contributed by atoms with van der Waals surface area (Å²) in [5, 5.41) is 2.48. The Bertz CT molecular complexity index is 599. The average molecular weight is 275 g/mol. The maximum Gasteiger partial charge on any atom is 0.127 e. The van der Waals surface area contributed by atoms with Crippen LogP contribution >= 0.6 is 15.9 Å². The number of ether oxygens (including phenoxy) is 1. The van der Waals surface area contributed by atoms with Gasteiger partial charge in [-0.1, -0.05) is 40.2 Å². The number of rotatable bonds is 0. The zero-order chi connectivity index (χ0) is 11.1. The van der Waals surface area contributed by atoms with Crippen molar-refractivity contribution in [2.45, 2.75) is 6.92 Å². The van der Waals surface area contributed by atoms with E-state index < -0.39 is 0 Å². The molecule has 0 aromatic heterocycles. The summed E-state index contributed by atoms with van der Waals surface area (Å²) in [6, 6.07) is 12.7. The largest absolute Gasteiger partial charge is 0.488 e. The quantitative estimate of drug-likeness (QED) is 0.694. The molecule has 0 aliphatic carbocycles. The van der Waals surface area contributed by atoms with E-state index in [-0.39, 0.29) is 0 Å². The van der Waals surface area contributed by atoms with Gasteiger partial charge in [-0.2, -0.15) is 0 Å². The first-order valence-corrected chi connectivity index (χ1v) is 6.06. The summed E-state index contributed by atoms with van der Waals surface area (Å²) in [4.78, 5) is 0. The summed E-state index contributed by atoms with van der Waals surface area (Å²) in [6.45, 7) is 2.76. The van der Waals surface area contributed by atoms with Crippen LogP contribution in [0, 0.1) is 0 Å². The minimum absolute atomic E-state index is 0.636. The number of hydrogen-bond acceptors (Lipinski definition) is 1. The molecule has 2 heteroatoms. The molecule has 0 saturated carbocycles. The predicted molar refractivity (Wildman–Crippen MR) is 71.0 cm³/mol. The van der Waals surface area contributed by atoms with Gasteiger partial charge in [-0.25, -0.2) is 0 Å². The Kier molecular flexibility index (Phi) is 2.25. The molecular weight excluding hydrogens is 264 g/mol. The molecule has 0 N–H and O–H groups in total. The van der Waals surface area contributed by atoms with Crippen LogP contribution in [0.1, 0.15) is 12.5 Å². The normalized spacial score (nSPS) is 14.9. The molecular formula is C14H11BrO. The molecule has 1 nitrogen and oxygen atoms in total. The molecule has 2 aromatic rings. The molecule has 3 rings (SSSR count). The van der Waals surface area contributed by atoms with Gasteiger partial charge in [-0.05, 0) is 35.4 Å². The second kappa shape index (κ2) is 3.63. The lowest BCUT2D eigenvalue weighted by Crippen LogP contribution is -2.06. The number of benzene rings is 2. The molecule has 0 unspecified atom stereocenters. The van der Waals surface area contributed by atoms with Crippen LogP contribution in [0.5, 0.6) is 5.75 Å². The summed E-state index contributed by atoms with van der Waals surface area (Å²) in [5.41, 5.74) is 2.46. The zero-order valence-electron chi connectivity index (χ0n) is 8.96. The molecule has 1 aliphatic rings. The van der Waals surface area contributed by atoms with Gasteiger partial charge in [-0.3, -0.25) is 0 Å². The Morgan fingerprint density at radius 3 is 2.56 bits per heavy atom. The van der Waals surface area contributed by atoms with Gasteiger partial charge in [-0.15, -0.1) is 0 Å². The Morgan fingerprint density at radius 2 is 1.81 bits per heavy atom. The van der Waals surface area contributed by atoms with Crippen LogP contribution in [-0.4, -0.2) is 6.61 Å². The first kappa shape index (κ1) is 9.91. The van der Waals surface area contributed by atoms with Crippen molar-refractivity contribution in [1.29, 1.82) is 0 Å². The maximum absolute atomic E-state index is 5.71. The van der Waals surface area contributed by atoms with E-state index in [1.807, 2.05) is 0 Å². The fraction of sp³-hybridized carbons (Fsp3) is 0.143. The van der Waals surface area contributed by atoms with E-state index >= 15 is 0 Å². The Balaban J connectivity index is 2.33.